The topological polar surface area (TPSA) is 52.0 Å². The first kappa shape index (κ1) is 13.5. The number of benzene rings is 1. The lowest BCUT2D eigenvalue weighted by molar-refractivity contribution is 0.409. The molecule has 1 aromatic heterocycles. The predicted molar refractivity (Wildman–Crippen MR) is 69.5 cm³/mol. The third-order valence-corrected chi connectivity index (χ3v) is 2.97. The van der Waals surface area contributed by atoms with E-state index >= 15 is 0 Å². The van der Waals surface area contributed by atoms with E-state index < -0.39 is 0 Å². The molecule has 0 amide bonds. The summed E-state index contributed by atoms with van der Waals surface area (Å²) in [5.41, 5.74) is 1.36. The van der Waals surface area contributed by atoms with Gasteiger partial charge in [-0.05, 0) is 12.6 Å². The van der Waals surface area contributed by atoms with Gasteiger partial charge in [-0.2, -0.15) is 0 Å². The third-order valence-electron chi connectivity index (χ3n) is 2.97. The van der Waals surface area contributed by atoms with Crippen molar-refractivity contribution in [3.8, 4) is 5.75 Å². The largest absolute Gasteiger partial charge is 0.497 e. The number of methoxy groups -OCH3 is 1. The lowest BCUT2D eigenvalue weighted by Gasteiger charge is -2.19. The van der Waals surface area contributed by atoms with Crippen molar-refractivity contribution in [1.29, 1.82) is 0 Å². The highest BCUT2D eigenvalue weighted by Crippen LogP contribution is 2.26. The standard InChI is InChI=1S/C13H17FN4O/c1-4-15-13(12-8-16-17-18(12)2)10-6-5-9(19-3)7-11(10)14/h5-8,13,15H,4H2,1-3H3. The number of nitrogens with one attached hydrogen (secondary N) is 1. The third kappa shape index (κ3) is 2.73. The van der Waals surface area contributed by atoms with Crippen molar-refractivity contribution in [1.82, 2.24) is 20.3 Å². The Morgan fingerprint density at radius 2 is 2.26 bits per heavy atom. The van der Waals surface area contributed by atoms with Gasteiger partial charge in [0.05, 0.1) is 25.0 Å². The summed E-state index contributed by atoms with van der Waals surface area (Å²) in [6.07, 6.45) is 1.64. The van der Waals surface area contributed by atoms with Crippen LogP contribution < -0.4 is 10.1 Å². The highest BCUT2D eigenvalue weighted by atomic mass is 19.1. The molecule has 0 aliphatic carbocycles. The van der Waals surface area contributed by atoms with Crippen LogP contribution in [0.25, 0.3) is 0 Å². The minimum absolute atomic E-state index is 0.282. The highest BCUT2D eigenvalue weighted by Gasteiger charge is 2.20. The Hall–Kier alpha value is -1.95. The predicted octanol–water partition coefficient (Wildman–Crippen LogP) is 1.66. The molecule has 1 unspecified atom stereocenters. The maximum Gasteiger partial charge on any atom is 0.132 e. The van der Waals surface area contributed by atoms with Crippen LogP contribution in [0.2, 0.25) is 0 Å². The van der Waals surface area contributed by atoms with E-state index in [1.54, 1.807) is 30.1 Å². The lowest BCUT2D eigenvalue weighted by Crippen LogP contribution is -2.25. The SMILES string of the molecule is CCNC(c1ccc(OC)cc1F)c1cnnn1C. The van der Waals surface area contributed by atoms with E-state index in [4.69, 9.17) is 4.74 Å². The van der Waals surface area contributed by atoms with Crippen LogP contribution in [0.15, 0.2) is 24.4 Å². The number of hydrogen-bond donors (Lipinski definition) is 1. The molecule has 0 fully saturated rings. The van der Waals surface area contributed by atoms with E-state index in [-0.39, 0.29) is 11.9 Å². The smallest absolute Gasteiger partial charge is 0.132 e. The van der Waals surface area contributed by atoms with E-state index in [2.05, 4.69) is 15.6 Å². The normalized spacial score (nSPS) is 12.4. The van der Waals surface area contributed by atoms with Gasteiger partial charge in [-0.15, -0.1) is 5.10 Å². The number of aromatic nitrogens is 3. The average Bonchev–Trinajstić information content (AvgIpc) is 2.82. The first-order chi connectivity index (χ1) is 9.17. The summed E-state index contributed by atoms with van der Waals surface area (Å²) < 4.78 is 20.8. The average molecular weight is 264 g/mol. The van der Waals surface area contributed by atoms with Gasteiger partial charge in [0, 0.05) is 18.7 Å². The van der Waals surface area contributed by atoms with Crippen LogP contribution in [0.3, 0.4) is 0 Å². The van der Waals surface area contributed by atoms with E-state index in [1.165, 1.54) is 13.2 Å². The molecule has 1 atom stereocenters. The maximum atomic E-state index is 14.2. The van der Waals surface area contributed by atoms with Crippen LogP contribution in [0.1, 0.15) is 24.2 Å². The zero-order chi connectivity index (χ0) is 13.8. The summed E-state index contributed by atoms with van der Waals surface area (Å²) in [4.78, 5) is 0. The quantitative estimate of drug-likeness (QED) is 0.892. The van der Waals surface area contributed by atoms with Crippen molar-refractivity contribution in [2.45, 2.75) is 13.0 Å². The van der Waals surface area contributed by atoms with Crippen LogP contribution in [0.4, 0.5) is 4.39 Å². The summed E-state index contributed by atoms with van der Waals surface area (Å²) >= 11 is 0. The Bertz CT molecular complexity index is 555. The van der Waals surface area contributed by atoms with E-state index in [9.17, 15) is 4.39 Å². The molecule has 1 N–H and O–H groups in total. The Kier molecular flexibility index (Phi) is 4.11. The molecule has 2 rings (SSSR count). The molecule has 0 spiro atoms. The molecule has 0 saturated heterocycles. The molecule has 2 aromatic rings. The summed E-state index contributed by atoms with van der Waals surface area (Å²) in [6, 6.07) is 4.56. The molecule has 0 aliphatic rings. The lowest BCUT2D eigenvalue weighted by atomic mass is 10.0. The van der Waals surface area contributed by atoms with Crippen molar-refractivity contribution >= 4 is 0 Å². The Labute approximate surface area is 111 Å². The van der Waals surface area contributed by atoms with Gasteiger partial charge in [0.1, 0.15) is 11.6 Å². The van der Waals surface area contributed by atoms with Gasteiger partial charge in [-0.3, -0.25) is 4.68 Å². The molecule has 102 valence electrons. The molecular formula is C13H17FN4O. The number of halogens is 1. The van der Waals surface area contributed by atoms with Crippen LogP contribution >= 0.6 is 0 Å². The molecule has 1 heterocycles. The van der Waals surface area contributed by atoms with Crippen LogP contribution in [-0.4, -0.2) is 28.6 Å². The molecule has 0 radical (unpaired) electrons. The van der Waals surface area contributed by atoms with Crippen LogP contribution in [0, 0.1) is 5.82 Å². The van der Waals surface area contributed by atoms with Crippen molar-refractivity contribution in [2.24, 2.45) is 7.05 Å². The Morgan fingerprint density at radius 1 is 1.47 bits per heavy atom. The fourth-order valence-electron chi connectivity index (χ4n) is 2.01. The second-order valence-electron chi connectivity index (χ2n) is 4.16. The number of aryl methyl sites for hydroxylation is 1. The summed E-state index contributed by atoms with van der Waals surface area (Å²) in [7, 11) is 3.30. The summed E-state index contributed by atoms with van der Waals surface area (Å²) in [6.45, 7) is 2.68. The number of nitrogens with zero attached hydrogens (tertiary/aromatic N) is 3. The van der Waals surface area contributed by atoms with Gasteiger partial charge in [-0.1, -0.05) is 18.2 Å². The number of hydrogen-bond acceptors (Lipinski definition) is 4. The fourth-order valence-corrected chi connectivity index (χ4v) is 2.01. The molecule has 0 saturated carbocycles. The number of rotatable bonds is 5. The van der Waals surface area contributed by atoms with E-state index in [0.717, 1.165) is 5.69 Å². The first-order valence-corrected chi connectivity index (χ1v) is 6.08. The molecule has 0 bridgehead atoms. The Balaban J connectivity index is 2.42. The highest BCUT2D eigenvalue weighted by molar-refractivity contribution is 5.34. The van der Waals surface area contributed by atoms with Crippen LogP contribution in [0.5, 0.6) is 5.75 Å². The second kappa shape index (κ2) is 5.79. The Morgan fingerprint density at radius 3 is 2.79 bits per heavy atom. The molecular weight excluding hydrogens is 247 g/mol. The summed E-state index contributed by atoms with van der Waals surface area (Å²) in [5, 5.41) is 11.0. The molecule has 1 aromatic carbocycles. The minimum Gasteiger partial charge on any atom is -0.497 e. The van der Waals surface area contributed by atoms with E-state index in [1.807, 2.05) is 6.92 Å². The maximum absolute atomic E-state index is 14.2. The van der Waals surface area contributed by atoms with Crippen molar-refractivity contribution in [2.75, 3.05) is 13.7 Å². The van der Waals surface area contributed by atoms with Gasteiger partial charge in [-0.25, -0.2) is 4.39 Å². The first-order valence-electron chi connectivity index (χ1n) is 6.08. The van der Waals surface area contributed by atoms with E-state index in [0.29, 0.717) is 17.9 Å². The summed E-state index contributed by atoms with van der Waals surface area (Å²) in [5.74, 6) is 0.186. The van der Waals surface area contributed by atoms with Gasteiger partial charge in [0.25, 0.3) is 0 Å². The van der Waals surface area contributed by atoms with Crippen LogP contribution in [-0.2, 0) is 7.05 Å². The molecule has 6 heteroatoms. The zero-order valence-electron chi connectivity index (χ0n) is 11.2. The molecule has 19 heavy (non-hydrogen) atoms. The van der Waals surface area contributed by atoms with Gasteiger partial charge < -0.3 is 10.1 Å². The van der Waals surface area contributed by atoms with Crippen molar-refractivity contribution in [3.63, 3.8) is 0 Å². The van der Waals surface area contributed by atoms with Crippen molar-refractivity contribution < 1.29 is 9.13 Å². The minimum atomic E-state index is -0.313. The monoisotopic (exact) mass is 264 g/mol. The fraction of sp³-hybridized carbons (Fsp3) is 0.385. The molecule has 5 nitrogen and oxygen atoms in total. The van der Waals surface area contributed by atoms with Gasteiger partial charge in [0.2, 0.25) is 0 Å². The zero-order valence-corrected chi connectivity index (χ0v) is 11.2. The number of ether oxygens (including phenoxy) is 1. The van der Waals surface area contributed by atoms with Gasteiger partial charge in [0.15, 0.2) is 0 Å². The van der Waals surface area contributed by atoms with Gasteiger partial charge >= 0.3 is 0 Å². The molecule has 0 aliphatic heterocycles. The van der Waals surface area contributed by atoms with Crippen molar-refractivity contribution in [3.05, 3.63) is 41.5 Å². The second-order valence-corrected chi connectivity index (χ2v) is 4.16.